The van der Waals surface area contributed by atoms with Crippen LogP contribution in [0.4, 0.5) is 0 Å². The molecule has 1 rings (SSSR count). The molecule has 7 heteroatoms. The molecule has 172 valence electrons. The Balaban J connectivity index is 2.52. The van der Waals surface area contributed by atoms with Crippen LogP contribution in [0.1, 0.15) is 84.5 Å². The number of hydrogen-bond donors (Lipinski definition) is 4. The van der Waals surface area contributed by atoms with Crippen molar-refractivity contribution in [2.75, 3.05) is 19.0 Å². The molecule has 0 radical (unpaired) electrons. The molecule has 4 N–H and O–H groups in total. The maximum Gasteiger partial charge on any atom is 0.303 e. The topological polar surface area (TPSA) is 107 Å². The van der Waals surface area contributed by atoms with Crippen molar-refractivity contribution >= 4 is 17.7 Å². The molecule has 6 nitrogen and oxygen atoms in total. The Morgan fingerprint density at radius 1 is 1.07 bits per heavy atom. The van der Waals surface area contributed by atoms with E-state index in [-0.39, 0.29) is 17.6 Å². The van der Waals surface area contributed by atoms with Crippen molar-refractivity contribution in [3.05, 3.63) is 0 Å². The summed E-state index contributed by atoms with van der Waals surface area (Å²) in [4.78, 5) is 10.6. The van der Waals surface area contributed by atoms with Crippen molar-refractivity contribution in [3.8, 4) is 0 Å². The van der Waals surface area contributed by atoms with Crippen molar-refractivity contribution in [3.63, 3.8) is 0 Å². The van der Waals surface area contributed by atoms with E-state index in [1.165, 1.54) is 0 Å². The Morgan fingerprint density at radius 2 is 1.79 bits per heavy atom. The van der Waals surface area contributed by atoms with Gasteiger partial charge in [0.2, 0.25) is 0 Å². The average Bonchev–Trinajstić information content (AvgIpc) is 2.94. The molecule has 0 saturated heterocycles. The Hall–Kier alpha value is -0.340. The summed E-state index contributed by atoms with van der Waals surface area (Å²) in [6.45, 7) is 4.93. The molecule has 1 saturated carbocycles. The number of unbranched alkanes of at least 4 members (excludes halogenated alkanes) is 5. The Kier molecular flexibility index (Phi) is 13.5. The number of aliphatic carboxylic acids is 1. The first kappa shape index (κ1) is 26.7. The summed E-state index contributed by atoms with van der Waals surface area (Å²) in [5, 5.41) is 40.5. The molecule has 1 aliphatic carbocycles. The van der Waals surface area contributed by atoms with Crippen LogP contribution < -0.4 is 0 Å². The fraction of sp³-hybridized carbons (Fsp3) is 0.955. The van der Waals surface area contributed by atoms with Gasteiger partial charge < -0.3 is 25.2 Å². The monoisotopic (exact) mass is 434 g/mol. The van der Waals surface area contributed by atoms with Gasteiger partial charge in [-0.15, -0.1) is 0 Å². The minimum absolute atomic E-state index is 0.0152. The lowest BCUT2D eigenvalue weighted by Gasteiger charge is -2.31. The van der Waals surface area contributed by atoms with Crippen LogP contribution in [0.25, 0.3) is 0 Å². The van der Waals surface area contributed by atoms with Crippen molar-refractivity contribution in [2.45, 2.75) is 108 Å². The minimum Gasteiger partial charge on any atom is -0.481 e. The smallest absolute Gasteiger partial charge is 0.303 e. The van der Waals surface area contributed by atoms with E-state index >= 15 is 0 Å². The van der Waals surface area contributed by atoms with Gasteiger partial charge in [0.1, 0.15) is 0 Å². The van der Waals surface area contributed by atoms with Crippen LogP contribution >= 0.6 is 11.8 Å². The van der Waals surface area contributed by atoms with Gasteiger partial charge in [-0.1, -0.05) is 45.4 Å². The summed E-state index contributed by atoms with van der Waals surface area (Å²) in [6, 6.07) is 0. The Morgan fingerprint density at radius 3 is 2.45 bits per heavy atom. The number of aliphatic hydroxyl groups excluding tert-OH is 2. The molecule has 0 aromatic heterocycles. The molecule has 0 heterocycles. The average molecular weight is 435 g/mol. The van der Waals surface area contributed by atoms with Crippen molar-refractivity contribution < 1.29 is 30.0 Å². The SMILES string of the molecule is CCCCCC(O)(COCC)CS[C@H]1C(O)CC(O)[C@@H]1CCCCCCC(=O)O. The highest BCUT2D eigenvalue weighted by atomic mass is 32.2. The lowest BCUT2D eigenvalue weighted by Crippen LogP contribution is -2.39. The van der Waals surface area contributed by atoms with Crippen LogP contribution in [0.3, 0.4) is 0 Å². The van der Waals surface area contributed by atoms with Crippen molar-refractivity contribution in [1.82, 2.24) is 0 Å². The third-order valence-corrected chi connectivity index (χ3v) is 7.57. The summed E-state index contributed by atoms with van der Waals surface area (Å²) >= 11 is 1.57. The summed E-state index contributed by atoms with van der Waals surface area (Å²) in [7, 11) is 0. The van der Waals surface area contributed by atoms with Crippen molar-refractivity contribution in [2.24, 2.45) is 5.92 Å². The van der Waals surface area contributed by atoms with Crippen LogP contribution in [0.2, 0.25) is 0 Å². The maximum absolute atomic E-state index is 11.0. The van der Waals surface area contributed by atoms with Crippen LogP contribution in [0.15, 0.2) is 0 Å². The summed E-state index contributed by atoms with van der Waals surface area (Å²) in [5.74, 6) is -0.240. The van der Waals surface area contributed by atoms with Gasteiger partial charge in [0.05, 0.1) is 24.4 Å². The second-order valence-corrected chi connectivity index (χ2v) is 9.64. The minimum atomic E-state index is -0.898. The second kappa shape index (κ2) is 14.6. The van der Waals surface area contributed by atoms with Gasteiger partial charge in [-0.25, -0.2) is 0 Å². The molecule has 0 aromatic carbocycles. The standard InChI is InChI=1S/C22H42O6S/c1-3-5-10-13-22(27,15-28-4-2)16-29-21-17(18(23)14-19(21)24)11-8-6-7-9-12-20(25)26/h17-19,21,23-24,27H,3-16H2,1-2H3,(H,25,26)/t17-,18?,19?,21+,22?/m0/s1. The lowest BCUT2D eigenvalue weighted by molar-refractivity contribution is -0.137. The fourth-order valence-corrected chi connectivity index (χ4v) is 5.72. The molecular weight excluding hydrogens is 392 g/mol. The van der Waals surface area contributed by atoms with Gasteiger partial charge in [0.25, 0.3) is 0 Å². The highest BCUT2D eigenvalue weighted by Gasteiger charge is 2.42. The van der Waals surface area contributed by atoms with E-state index in [0.29, 0.717) is 38.2 Å². The predicted molar refractivity (Wildman–Crippen MR) is 117 cm³/mol. The number of carbonyl (C=O) groups is 1. The molecule has 0 amide bonds. The first-order valence-corrected chi connectivity index (χ1v) is 12.4. The van der Waals surface area contributed by atoms with Crippen molar-refractivity contribution in [1.29, 1.82) is 0 Å². The first-order chi connectivity index (χ1) is 13.8. The van der Waals surface area contributed by atoms with Gasteiger partial charge in [-0.2, -0.15) is 11.8 Å². The number of rotatable bonds is 17. The van der Waals surface area contributed by atoms with Crippen LogP contribution in [0.5, 0.6) is 0 Å². The molecule has 0 spiro atoms. The van der Waals surface area contributed by atoms with E-state index in [9.17, 15) is 20.1 Å². The molecule has 0 bridgehead atoms. The highest BCUT2D eigenvalue weighted by molar-refractivity contribution is 8.00. The highest BCUT2D eigenvalue weighted by Crippen LogP contribution is 2.40. The molecule has 0 aliphatic heterocycles. The predicted octanol–water partition coefficient (Wildman–Crippen LogP) is 3.60. The van der Waals surface area contributed by atoms with Gasteiger partial charge in [0, 0.05) is 30.5 Å². The summed E-state index contributed by atoms with van der Waals surface area (Å²) in [5.41, 5.74) is -0.898. The van der Waals surface area contributed by atoms with E-state index in [2.05, 4.69) is 6.92 Å². The molecule has 5 atom stereocenters. The fourth-order valence-electron chi connectivity index (χ4n) is 4.10. The number of carboxylic acids is 1. The zero-order valence-corrected chi connectivity index (χ0v) is 19.0. The summed E-state index contributed by atoms with van der Waals surface area (Å²) < 4.78 is 5.52. The summed E-state index contributed by atoms with van der Waals surface area (Å²) in [6.07, 6.45) is 7.59. The normalized spacial score (nSPS) is 26.5. The number of aliphatic hydroxyl groups is 3. The van der Waals surface area contributed by atoms with Gasteiger partial charge in [-0.05, 0) is 32.1 Å². The number of hydrogen-bond acceptors (Lipinski definition) is 6. The van der Waals surface area contributed by atoms with E-state index in [0.717, 1.165) is 44.9 Å². The zero-order chi connectivity index (χ0) is 21.7. The molecule has 29 heavy (non-hydrogen) atoms. The lowest BCUT2D eigenvalue weighted by atomic mass is 9.97. The Labute approximate surface area is 180 Å². The molecule has 1 fully saturated rings. The molecular formula is C22H42O6S. The van der Waals surface area contributed by atoms with Gasteiger partial charge >= 0.3 is 5.97 Å². The number of ether oxygens (including phenoxy) is 1. The molecule has 3 unspecified atom stereocenters. The number of carboxylic acid groups (broad SMARTS) is 1. The molecule has 0 aromatic rings. The first-order valence-electron chi connectivity index (χ1n) is 11.3. The van der Waals surface area contributed by atoms with Gasteiger partial charge in [-0.3, -0.25) is 4.79 Å². The van der Waals surface area contributed by atoms with E-state index in [1.807, 2.05) is 6.92 Å². The van der Waals surface area contributed by atoms with Crippen LogP contribution in [0, 0.1) is 5.92 Å². The van der Waals surface area contributed by atoms with E-state index < -0.39 is 23.8 Å². The zero-order valence-electron chi connectivity index (χ0n) is 18.2. The maximum atomic E-state index is 11.0. The second-order valence-electron chi connectivity index (χ2n) is 8.48. The van der Waals surface area contributed by atoms with Crippen LogP contribution in [-0.2, 0) is 9.53 Å². The Bertz CT molecular complexity index is 449. The largest absolute Gasteiger partial charge is 0.481 e. The molecule has 1 aliphatic rings. The van der Waals surface area contributed by atoms with E-state index in [1.54, 1.807) is 11.8 Å². The third kappa shape index (κ3) is 10.5. The third-order valence-electron chi connectivity index (χ3n) is 5.82. The van der Waals surface area contributed by atoms with Crippen LogP contribution in [-0.4, -0.2) is 68.4 Å². The number of thioether (sulfide) groups is 1. The quantitative estimate of drug-likeness (QED) is 0.259. The van der Waals surface area contributed by atoms with Gasteiger partial charge in [0.15, 0.2) is 0 Å². The van der Waals surface area contributed by atoms with E-state index in [4.69, 9.17) is 9.84 Å².